The van der Waals surface area contributed by atoms with E-state index in [1.807, 2.05) is 0 Å². The number of halogens is 1. The number of carbonyl (C=O) groups is 1. The summed E-state index contributed by atoms with van der Waals surface area (Å²) in [6.07, 6.45) is 0.156. The Morgan fingerprint density at radius 1 is 0.972 bits per heavy atom. The summed E-state index contributed by atoms with van der Waals surface area (Å²) in [5, 5.41) is 10.2. The summed E-state index contributed by atoms with van der Waals surface area (Å²) in [4.78, 5) is 20.9. The average molecular weight is 555 g/mol. The number of nitrogens with zero attached hydrogens (tertiary/aromatic N) is 2. The zero-order chi connectivity index (χ0) is 26.5. The summed E-state index contributed by atoms with van der Waals surface area (Å²) in [6.45, 7) is 0. The number of aromatic nitrogens is 2. The number of hydrogen-bond donors (Lipinski definition) is 1. The van der Waals surface area contributed by atoms with Crippen LogP contribution >= 0.6 is 31.0 Å². The summed E-state index contributed by atoms with van der Waals surface area (Å²) in [5.74, 6) is -0.216. The second kappa shape index (κ2) is 11.9. The number of hydrogen-bond acceptors (Lipinski definition) is 10. The summed E-state index contributed by atoms with van der Waals surface area (Å²) < 4.78 is 39.6. The molecule has 0 saturated heterocycles. The summed E-state index contributed by atoms with van der Waals surface area (Å²) in [5.41, 5.74) is 0.855. The van der Waals surface area contributed by atoms with E-state index < -0.39 is 13.6 Å². The minimum atomic E-state index is -3.87. The summed E-state index contributed by atoms with van der Waals surface area (Å²) in [6, 6.07) is 9.99. The van der Waals surface area contributed by atoms with Gasteiger partial charge in [-0.1, -0.05) is 23.7 Å². The highest BCUT2D eigenvalue weighted by Gasteiger charge is 2.33. The Morgan fingerprint density at radius 2 is 1.56 bits per heavy atom. The molecule has 36 heavy (non-hydrogen) atoms. The fourth-order valence-electron chi connectivity index (χ4n) is 3.30. The van der Waals surface area contributed by atoms with E-state index in [4.69, 9.17) is 34.9 Å². The number of carboxylic acid groups (broad SMARTS) is 1. The van der Waals surface area contributed by atoms with Gasteiger partial charge in [0.1, 0.15) is 5.75 Å². The van der Waals surface area contributed by atoms with Crippen LogP contribution in [-0.4, -0.2) is 56.6 Å². The zero-order valence-electron chi connectivity index (χ0n) is 20.1. The third kappa shape index (κ3) is 5.93. The monoisotopic (exact) mass is 554 g/mol. The van der Waals surface area contributed by atoms with Gasteiger partial charge in [0.25, 0.3) is 0 Å². The molecule has 0 saturated carbocycles. The van der Waals surface area contributed by atoms with Gasteiger partial charge in [0.15, 0.2) is 5.16 Å². The van der Waals surface area contributed by atoms with Crippen molar-refractivity contribution in [2.24, 2.45) is 0 Å². The van der Waals surface area contributed by atoms with Crippen LogP contribution in [0.1, 0.15) is 21.5 Å². The number of ether oxygens (including phenoxy) is 3. The van der Waals surface area contributed by atoms with Crippen LogP contribution in [0, 0.1) is 0 Å². The topological polar surface area (TPSA) is 126 Å². The van der Waals surface area contributed by atoms with Gasteiger partial charge in [0.2, 0.25) is 11.8 Å². The summed E-state index contributed by atoms with van der Waals surface area (Å²) in [7, 11) is 3.01. The second-order valence-electron chi connectivity index (χ2n) is 7.09. The van der Waals surface area contributed by atoms with E-state index in [-0.39, 0.29) is 44.1 Å². The van der Waals surface area contributed by atoms with Gasteiger partial charge < -0.3 is 28.4 Å². The number of methoxy groups -OCH3 is 3. The Bertz CT molecular complexity index is 1280. The van der Waals surface area contributed by atoms with Crippen molar-refractivity contribution in [1.29, 1.82) is 0 Å². The molecule has 10 nitrogen and oxygen atoms in total. The highest BCUT2D eigenvalue weighted by atomic mass is 35.5. The first-order chi connectivity index (χ1) is 17.2. The predicted octanol–water partition coefficient (Wildman–Crippen LogP) is 4.71. The average Bonchev–Trinajstić information content (AvgIpc) is 2.89. The van der Waals surface area contributed by atoms with E-state index in [9.17, 15) is 14.5 Å². The van der Waals surface area contributed by atoms with Crippen molar-refractivity contribution in [1.82, 2.24) is 9.97 Å². The number of benzene rings is 2. The number of aromatic carboxylic acids is 1. The van der Waals surface area contributed by atoms with Crippen molar-refractivity contribution in [3.63, 3.8) is 0 Å². The van der Waals surface area contributed by atoms with Crippen molar-refractivity contribution in [2.45, 2.75) is 16.5 Å². The minimum absolute atomic E-state index is 0.109. The van der Waals surface area contributed by atoms with E-state index >= 15 is 0 Å². The molecule has 0 fully saturated rings. The molecule has 192 valence electrons. The molecule has 0 aliphatic carbocycles. The first-order valence-electron chi connectivity index (χ1n) is 10.3. The van der Waals surface area contributed by atoms with Crippen molar-refractivity contribution < 1.29 is 37.7 Å². The Labute approximate surface area is 217 Å². The highest BCUT2D eigenvalue weighted by molar-refractivity contribution is 7.99. The van der Waals surface area contributed by atoms with Gasteiger partial charge in [0.05, 0.1) is 43.3 Å². The second-order valence-corrected chi connectivity index (χ2v) is 10.7. The maximum atomic E-state index is 13.6. The lowest BCUT2D eigenvalue weighted by Gasteiger charge is -2.21. The lowest BCUT2D eigenvalue weighted by atomic mass is 10.0. The van der Waals surface area contributed by atoms with Crippen LogP contribution in [0.4, 0.5) is 0 Å². The SMILES string of the molecule is COc1ccc(Cc2c(P(=O)(OC)OC)cc(Sc3nc(OC)cc(OC)n3)c(C(=O)O)c2Cl)cc1. The molecule has 3 aromatic rings. The van der Waals surface area contributed by atoms with Crippen molar-refractivity contribution in [3.05, 3.63) is 58.1 Å². The van der Waals surface area contributed by atoms with Crippen LogP contribution in [0.2, 0.25) is 5.02 Å². The molecule has 0 amide bonds. The molecule has 13 heteroatoms. The van der Waals surface area contributed by atoms with Crippen molar-refractivity contribution in [2.75, 3.05) is 35.5 Å². The molecule has 1 aromatic heterocycles. The predicted molar refractivity (Wildman–Crippen MR) is 135 cm³/mol. The van der Waals surface area contributed by atoms with Crippen LogP contribution in [0.3, 0.4) is 0 Å². The molecule has 0 bridgehead atoms. The first kappa shape index (κ1) is 27.8. The zero-order valence-corrected chi connectivity index (χ0v) is 22.6. The first-order valence-corrected chi connectivity index (χ1v) is 13.0. The van der Waals surface area contributed by atoms with Crippen LogP contribution in [0.25, 0.3) is 0 Å². The minimum Gasteiger partial charge on any atom is -0.497 e. The molecule has 2 aromatic carbocycles. The fourth-order valence-corrected chi connectivity index (χ4v) is 6.15. The molecule has 0 radical (unpaired) electrons. The molecule has 0 atom stereocenters. The van der Waals surface area contributed by atoms with Gasteiger partial charge >= 0.3 is 13.6 Å². The Hall–Kier alpha value is -2.82. The molecular formula is C23H24ClN2O8PS. The lowest BCUT2D eigenvalue weighted by Crippen LogP contribution is -2.18. The van der Waals surface area contributed by atoms with Gasteiger partial charge in [-0.2, -0.15) is 9.97 Å². The quantitative estimate of drug-likeness (QED) is 0.261. The number of rotatable bonds is 11. The highest BCUT2D eigenvalue weighted by Crippen LogP contribution is 2.49. The van der Waals surface area contributed by atoms with E-state index in [0.29, 0.717) is 11.3 Å². The van der Waals surface area contributed by atoms with Gasteiger partial charge in [0, 0.05) is 19.1 Å². The van der Waals surface area contributed by atoms with Crippen LogP contribution in [-0.2, 0) is 20.0 Å². The van der Waals surface area contributed by atoms with Gasteiger partial charge in [-0.05, 0) is 47.5 Å². The van der Waals surface area contributed by atoms with Gasteiger partial charge in [-0.25, -0.2) is 4.79 Å². The number of carboxylic acids is 1. The smallest absolute Gasteiger partial charge is 0.361 e. The van der Waals surface area contributed by atoms with E-state index in [1.54, 1.807) is 31.4 Å². The Morgan fingerprint density at radius 3 is 2.03 bits per heavy atom. The maximum Gasteiger partial charge on any atom is 0.361 e. The molecule has 0 unspecified atom stereocenters. The third-order valence-corrected chi connectivity index (χ3v) is 8.39. The van der Waals surface area contributed by atoms with Crippen LogP contribution in [0.15, 0.2) is 46.5 Å². The normalized spacial score (nSPS) is 11.3. The molecule has 3 rings (SSSR count). The molecule has 0 aliphatic rings. The van der Waals surface area contributed by atoms with Crippen molar-refractivity contribution >= 4 is 42.2 Å². The molecule has 0 spiro atoms. The molecule has 1 heterocycles. The molecule has 1 N–H and O–H groups in total. The van der Waals surface area contributed by atoms with Crippen LogP contribution < -0.4 is 19.5 Å². The fraction of sp³-hybridized carbons (Fsp3) is 0.261. The summed E-state index contributed by atoms with van der Waals surface area (Å²) >= 11 is 7.58. The Balaban J connectivity index is 2.23. The maximum absolute atomic E-state index is 13.6. The molecular weight excluding hydrogens is 531 g/mol. The van der Waals surface area contributed by atoms with Crippen molar-refractivity contribution in [3.8, 4) is 17.5 Å². The lowest BCUT2D eigenvalue weighted by molar-refractivity contribution is 0.0693. The Kier molecular flexibility index (Phi) is 9.21. The van der Waals surface area contributed by atoms with E-state index in [0.717, 1.165) is 17.3 Å². The van der Waals surface area contributed by atoms with E-state index in [1.165, 1.54) is 40.6 Å². The van der Waals surface area contributed by atoms with E-state index in [2.05, 4.69) is 9.97 Å². The van der Waals surface area contributed by atoms with Gasteiger partial charge in [-0.3, -0.25) is 4.57 Å². The van der Waals surface area contributed by atoms with Crippen LogP contribution in [0.5, 0.6) is 17.5 Å². The van der Waals surface area contributed by atoms with Gasteiger partial charge in [-0.15, -0.1) is 0 Å². The largest absolute Gasteiger partial charge is 0.497 e. The molecule has 0 aliphatic heterocycles. The standard InChI is InChI=1S/C23H24ClN2O8PS/c1-30-14-8-6-13(7-9-14)10-15-16(35(29,33-4)34-5)11-17(20(21(15)24)22(27)28)36-23-25-18(31-2)12-19(26-23)32-3/h6-9,11-12H,10H2,1-5H3,(H,27,28). The third-order valence-electron chi connectivity index (χ3n) is 5.12.